The lowest BCUT2D eigenvalue weighted by molar-refractivity contribution is 0.0845. The maximum Gasteiger partial charge on any atom is 0.221 e. The quantitative estimate of drug-likeness (QED) is 0.871. The minimum atomic E-state index is 0.328. The highest BCUT2D eigenvalue weighted by atomic mass is 16.5. The average Bonchev–Trinajstić information content (AvgIpc) is 2.42. The van der Waals surface area contributed by atoms with Crippen molar-refractivity contribution in [2.75, 3.05) is 7.05 Å². The van der Waals surface area contributed by atoms with E-state index < -0.39 is 0 Å². The Labute approximate surface area is 109 Å². The first-order chi connectivity index (χ1) is 8.85. The largest absolute Gasteiger partial charge is 0.474 e. The second-order valence-corrected chi connectivity index (χ2v) is 4.99. The monoisotopic (exact) mass is 249 g/mol. The summed E-state index contributed by atoms with van der Waals surface area (Å²) in [6.45, 7) is 3.00. The van der Waals surface area contributed by atoms with Gasteiger partial charge in [0.15, 0.2) is 0 Å². The standard InChI is InChI=1S/C14H23N3O/c1-3-11-6-4-5-7-13(11)18-14-12(8-15-2)9-16-10-17-14/h9-11,13,15H,3-8H2,1-2H3. The number of nitrogens with zero attached hydrogens (tertiary/aromatic N) is 2. The summed E-state index contributed by atoms with van der Waals surface area (Å²) < 4.78 is 6.15. The van der Waals surface area contributed by atoms with Gasteiger partial charge in [0, 0.05) is 18.3 Å². The van der Waals surface area contributed by atoms with Gasteiger partial charge in [-0.2, -0.15) is 0 Å². The van der Waals surface area contributed by atoms with Crippen molar-refractivity contribution in [1.82, 2.24) is 15.3 Å². The first-order valence-electron chi connectivity index (χ1n) is 6.95. The molecule has 0 radical (unpaired) electrons. The Kier molecular flexibility index (Phi) is 4.93. The topological polar surface area (TPSA) is 47.0 Å². The molecule has 1 aromatic heterocycles. The number of hydrogen-bond donors (Lipinski definition) is 1. The third kappa shape index (κ3) is 3.19. The van der Waals surface area contributed by atoms with Gasteiger partial charge in [-0.15, -0.1) is 0 Å². The number of nitrogens with one attached hydrogen (secondary N) is 1. The highest BCUT2D eigenvalue weighted by Gasteiger charge is 2.26. The number of rotatable bonds is 5. The normalized spacial score (nSPS) is 23.9. The van der Waals surface area contributed by atoms with Gasteiger partial charge < -0.3 is 10.1 Å². The summed E-state index contributed by atoms with van der Waals surface area (Å²) in [6, 6.07) is 0. The molecule has 2 rings (SSSR count). The van der Waals surface area contributed by atoms with Crippen LogP contribution in [0.3, 0.4) is 0 Å². The minimum absolute atomic E-state index is 0.328. The van der Waals surface area contributed by atoms with Crippen molar-refractivity contribution >= 4 is 0 Å². The lowest BCUT2D eigenvalue weighted by atomic mass is 9.85. The Hall–Kier alpha value is -1.16. The summed E-state index contributed by atoms with van der Waals surface area (Å²) in [4.78, 5) is 8.35. The molecule has 0 aromatic carbocycles. The molecule has 1 aliphatic rings. The molecule has 2 unspecified atom stereocenters. The number of ether oxygens (including phenoxy) is 1. The van der Waals surface area contributed by atoms with Gasteiger partial charge in [-0.05, 0) is 38.6 Å². The zero-order valence-corrected chi connectivity index (χ0v) is 11.4. The molecule has 4 heteroatoms. The fraction of sp³-hybridized carbons (Fsp3) is 0.714. The van der Waals surface area contributed by atoms with Crippen LogP contribution in [-0.4, -0.2) is 23.1 Å². The summed E-state index contributed by atoms with van der Waals surface area (Å²) in [7, 11) is 1.92. The average molecular weight is 249 g/mol. The second-order valence-electron chi connectivity index (χ2n) is 4.99. The van der Waals surface area contributed by atoms with E-state index >= 15 is 0 Å². The maximum atomic E-state index is 6.15. The van der Waals surface area contributed by atoms with E-state index in [1.165, 1.54) is 25.7 Å². The number of hydrogen-bond acceptors (Lipinski definition) is 4. The minimum Gasteiger partial charge on any atom is -0.474 e. The molecule has 1 aliphatic carbocycles. The molecule has 1 fully saturated rings. The molecule has 0 aliphatic heterocycles. The summed E-state index contributed by atoms with van der Waals surface area (Å²) in [5.41, 5.74) is 1.04. The third-order valence-corrected chi connectivity index (χ3v) is 3.74. The van der Waals surface area contributed by atoms with Crippen LogP contribution in [0.1, 0.15) is 44.6 Å². The van der Waals surface area contributed by atoms with E-state index in [-0.39, 0.29) is 0 Å². The summed E-state index contributed by atoms with van der Waals surface area (Å²) >= 11 is 0. The van der Waals surface area contributed by atoms with Crippen LogP contribution in [-0.2, 0) is 6.54 Å². The SMILES string of the molecule is CCC1CCCCC1Oc1ncncc1CNC. The van der Waals surface area contributed by atoms with Crippen LogP contribution in [0.4, 0.5) is 0 Å². The van der Waals surface area contributed by atoms with Gasteiger partial charge in [0.2, 0.25) is 5.88 Å². The van der Waals surface area contributed by atoms with E-state index in [1.54, 1.807) is 6.33 Å². The van der Waals surface area contributed by atoms with Crippen molar-refractivity contribution in [3.63, 3.8) is 0 Å². The van der Waals surface area contributed by atoms with Crippen molar-refractivity contribution in [2.24, 2.45) is 5.92 Å². The van der Waals surface area contributed by atoms with Crippen LogP contribution in [0.15, 0.2) is 12.5 Å². The lowest BCUT2D eigenvalue weighted by Crippen LogP contribution is -2.30. The zero-order chi connectivity index (χ0) is 12.8. The Morgan fingerprint density at radius 3 is 3.00 bits per heavy atom. The Morgan fingerprint density at radius 1 is 1.39 bits per heavy atom. The predicted molar refractivity (Wildman–Crippen MR) is 71.5 cm³/mol. The summed E-state index contributed by atoms with van der Waals surface area (Å²) in [5, 5.41) is 3.13. The molecular weight excluding hydrogens is 226 g/mol. The van der Waals surface area contributed by atoms with Crippen LogP contribution in [0.5, 0.6) is 5.88 Å². The van der Waals surface area contributed by atoms with E-state index in [1.807, 2.05) is 13.2 Å². The second kappa shape index (κ2) is 6.69. The van der Waals surface area contributed by atoms with Crippen LogP contribution >= 0.6 is 0 Å². The van der Waals surface area contributed by atoms with Gasteiger partial charge in [-0.3, -0.25) is 0 Å². The third-order valence-electron chi connectivity index (χ3n) is 3.74. The maximum absolute atomic E-state index is 6.15. The predicted octanol–water partition coefficient (Wildman–Crippen LogP) is 2.54. The lowest BCUT2D eigenvalue weighted by Gasteiger charge is -2.31. The van der Waals surface area contributed by atoms with Crippen molar-refractivity contribution in [3.05, 3.63) is 18.1 Å². The van der Waals surface area contributed by atoms with Crippen LogP contribution in [0.2, 0.25) is 0 Å². The highest BCUT2D eigenvalue weighted by Crippen LogP contribution is 2.30. The van der Waals surface area contributed by atoms with E-state index in [0.717, 1.165) is 24.4 Å². The Balaban J connectivity index is 2.07. The van der Waals surface area contributed by atoms with E-state index in [9.17, 15) is 0 Å². The van der Waals surface area contributed by atoms with E-state index in [2.05, 4.69) is 22.2 Å². The van der Waals surface area contributed by atoms with E-state index in [0.29, 0.717) is 12.0 Å². The van der Waals surface area contributed by atoms with Crippen molar-refractivity contribution in [1.29, 1.82) is 0 Å². The van der Waals surface area contributed by atoms with Gasteiger partial charge >= 0.3 is 0 Å². The first-order valence-corrected chi connectivity index (χ1v) is 6.95. The van der Waals surface area contributed by atoms with Crippen LogP contribution in [0.25, 0.3) is 0 Å². The molecule has 1 aromatic rings. The molecule has 100 valence electrons. The van der Waals surface area contributed by atoms with Crippen molar-refractivity contribution in [2.45, 2.75) is 51.7 Å². The highest BCUT2D eigenvalue weighted by molar-refractivity contribution is 5.22. The van der Waals surface area contributed by atoms with E-state index in [4.69, 9.17) is 4.74 Å². The first kappa shape index (κ1) is 13.3. The molecular formula is C14H23N3O. The summed E-state index contributed by atoms with van der Waals surface area (Å²) in [6.07, 6.45) is 9.97. The molecule has 0 saturated heterocycles. The zero-order valence-electron chi connectivity index (χ0n) is 11.4. The fourth-order valence-electron chi connectivity index (χ4n) is 2.70. The van der Waals surface area contributed by atoms with Gasteiger partial charge in [-0.25, -0.2) is 9.97 Å². The molecule has 4 nitrogen and oxygen atoms in total. The van der Waals surface area contributed by atoms with Gasteiger partial charge in [0.25, 0.3) is 0 Å². The molecule has 18 heavy (non-hydrogen) atoms. The molecule has 1 saturated carbocycles. The molecule has 0 amide bonds. The molecule has 1 heterocycles. The number of aromatic nitrogens is 2. The molecule has 1 N–H and O–H groups in total. The molecule has 2 atom stereocenters. The van der Waals surface area contributed by atoms with Crippen LogP contribution < -0.4 is 10.1 Å². The Morgan fingerprint density at radius 2 is 2.22 bits per heavy atom. The summed E-state index contributed by atoms with van der Waals surface area (Å²) in [5.74, 6) is 1.43. The van der Waals surface area contributed by atoms with Gasteiger partial charge in [-0.1, -0.05) is 13.3 Å². The van der Waals surface area contributed by atoms with Gasteiger partial charge in [0.05, 0.1) is 0 Å². The fourth-order valence-corrected chi connectivity index (χ4v) is 2.70. The Bertz CT molecular complexity index is 370. The smallest absolute Gasteiger partial charge is 0.221 e. The van der Waals surface area contributed by atoms with Crippen molar-refractivity contribution < 1.29 is 4.74 Å². The van der Waals surface area contributed by atoms with Crippen molar-refractivity contribution in [3.8, 4) is 5.88 Å². The molecule has 0 spiro atoms. The molecule has 0 bridgehead atoms. The van der Waals surface area contributed by atoms with Crippen LogP contribution in [0, 0.1) is 5.92 Å². The van der Waals surface area contributed by atoms with Gasteiger partial charge in [0.1, 0.15) is 12.4 Å².